The van der Waals surface area contributed by atoms with Crippen LogP contribution in [0.5, 0.6) is 0 Å². The molecule has 0 saturated carbocycles. The smallest absolute Gasteiger partial charge is 0.338 e. The summed E-state index contributed by atoms with van der Waals surface area (Å²) in [6, 6.07) is 31.5. The summed E-state index contributed by atoms with van der Waals surface area (Å²) in [5.74, 6) is -4.41. The highest BCUT2D eigenvalue weighted by molar-refractivity contribution is 6.76. The number of carbonyl (C=O) groups is 4. The van der Waals surface area contributed by atoms with Gasteiger partial charge in [0.2, 0.25) is 18.3 Å². The molecule has 4 aromatic carbocycles. The second-order valence-corrected chi connectivity index (χ2v) is 12.9. The molecule has 0 aromatic heterocycles. The fraction of sp³-hybridized carbons (Fsp3) is 0.194. The molecule has 1 N–H and O–H groups in total. The van der Waals surface area contributed by atoms with Crippen molar-refractivity contribution >= 4 is 64.6 Å². The third-order valence-electron chi connectivity index (χ3n) is 7.23. The topological polar surface area (TPSA) is 148 Å². The number of rotatable bonds is 10. The number of hydrogen-bond acceptors (Lipinski definition) is 11. The van der Waals surface area contributed by atoms with Crippen LogP contribution < -0.4 is 0 Å². The Morgan fingerprint density at radius 2 is 0.900 bits per heavy atom. The molecule has 3 unspecified atom stereocenters. The normalized spacial score (nSPS) is 20.1. The molecule has 50 heavy (non-hydrogen) atoms. The molecule has 1 heterocycles. The fourth-order valence-corrected chi connectivity index (χ4v) is 4.94. The molecule has 1 aliphatic heterocycles. The van der Waals surface area contributed by atoms with E-state index in [4.69, 9.17) is 68.6 Å². The second-order valence-electron chi connectivity index (χ2n) is 10.7. The highest BCUT2D eigenvalue weighted by atomic mass is 35.6. The molecule has 1 fully saturated rings. The van der Waals surface area contributed by atoms with Crippen molar-refractivity contribution in [2.24, 2.45) is 0 Å². The largest absolute Gasteiger partial charge is 0.459 e. The van der Waals surface area contributed by atoms with Crippen molar-refractivity contribution < 1.29 is 47.6 Å². The molecule has 1 saturated heterocycles. The number of esters is 4. The monoisotopic (exact) mass is 739 g/mol. The molecule has 4 aromatic rings. The quantitative estimate of drug-likeness (QED) is 0.0620. The number of ether oxygens (including phenoxy) is 6. The van der Waals surface area contributed by atoms with Crippen LogP contribution in [0.3, 0.4) is 0 Å². The summed E-state index contributed by atoms with van der Waals surface area (Å²) in [7, 11) is 0. The summed E-state index contributed by atoms with van der Waals surface area (Å²) in [6.07, 6.45) is -8.34. The van der Waals surface area contributed by atoms with E-state index in [-0.39, 0.29) is 22.3 Å². The first-order chi connectivity index (χ1) is 24.0. The van der Waals surface area contributed by atoms with Crippen molar-refractivity contribution in [2.45, 2.75) is 34.5 Å². The number of hydrogen-bond donors (Lipinski definition) is 1. The SMILES string of the molecule is N=C(O[C@@H]1OC(COC(=O)c2ccccc2)[C@@H](OC(=O)c2ccccc2)C(OC(=O)c2ccccc2)C1OC(=O)c1ccccc1)C(Cl)(Cl)Cl. The highest BCUT2D eigenvalue weighted by Gasteiger charge is 2.55. The predicted octanol–water partition coefficient (Wildman–Crippen LogP) is 6.61. The van der Waals surface area contributed by atoms with Crippen LogP contribution in [0.15, 0.2) is 121 Å². The van der Waals surface area contributed by atoms with Gasteiger partial charge in [-0.15, -0.1) is 0 Å². The van der Waals surface area contributed by atoms with Gasteiger partial charge >= 0.3 is 23.9 Å². The fourth-order valence-electron chi connectivity index (χ4n) is 4.81. The van der Waals surface area contributed by atoms with Crippen LogP contribution in [0.25, 0.3) is 0 Å². The van der Waals surface area contributed by atoms with E-state index >= 15 is 0 Å². The standard InChI is InChI=1S/C36H28Cl3NO10/c37-36(38,39)35(40)50-34-29(49-33(44)25-19-11-4-12-20-25)28(48-32(43)24-17-9-3-10-18-24)27(47-31(42)23-15-7-2-8-16-23)26(46-34)21-45-30(41)22-13-5-1-6-14-22/h1-20,26-29,34,40H,21H2/t26?,27-,28?,29?,34+/m1/s1. The average Bonchev–Trinajstić information content (AvgIpc) is 3.13. The molecule has 258 valence electrons. The van der Waals surface area contributed by atoms with Crippen LogP contribution >= 0.6 is 34.8 Å². The Balaban J connectivity index is 1.58. The van der Waals surface area contributed by atoms with Gasteiger partial charge in [0, 0.05) is 0 Å². The van der Waals surface area contributed by atoms with Crippen LogP contribution in [0, 0.1) is 5.41 Å². The summed E-state index contributed by atoms with van der Waals surface area (Å²) in [5, 5.41) is 8.26. The first kappa shape index (κ1) is 36.3. The highest BCUT2D eigenvalue weighted by Crippen LogP contribution is 2.35. The predicted molar refractivity (Wildman–Crippen MR) is 181 cm³/mol. The van der Waals surface area contributed by atoms with Gasteiger partial charge in [-0.05, 0) is 48.5 Å². The van der Waals surface area contributed by atoms with E-state index in [2.05, 4.69) is 0 Å². The van der Waals surface area contributed by atoms with Gasteiger partial charge in [-0.1, -0.05) is 108 Å². The summed E-state index contributed by atoms with van der Waals surface area (Å²) >= 11 is 17.8. The molecular formula is C36H28Cl3NO10. The van der Waals surface area contributed by atoms with Crippen molar-refractivity contribution in [1.29, 1.82) is 5.41 Å². The lowest BCUT2D eigenvalue weighted by molar-refractivity contribution is -0.279. The average molecular weight is 741 g/mol. The van der Waals surface area contributed by atoms with Gasteiger partial charge in [0.1, 0.15) is 12.7 Å². The molecule has 5 atom stereocenters. The van der Waals surface area contributed by atoms with Crippen molar-refractivity contribution in [1.82, 2.24) is 0 Å². The van der Waals surface area contributed by atoms with Crippen LogP contribution in [0.1, 0.15) is 41.4 Å². The number of halogens is 3. The minimum absolute atomic E-state index is 0.0904. The maximum atomic E-state index is 13.6. The summed E-state index contributed by atoms with van der Waals surface area (Å²) in [4.78, 5) is 53.5. The van der Waals surface area contributed by atoms with E-state index in [1.54, 1.807) is 72.8 Å². The van der Waals surface area contributed by atoms with Crippen LogP contribution in [0.2, 0.25) is 0 Å². The van der Waals surface area contributed by atoms with E-state index in [9.17, 15) is 19.2 Å². The van der Waals surface area contributed by atoms with Crippen LogP contribution in [0.4, 0.5) is 0 Å². The van der Waals surface area contributed by atoms with E-state index in [0.29, 0.717) is 0 Å². The van der Waals surface area contributed by atoms with Crippen molar-refractivity contribution in [3.8, 4) is 0 Å². The molecule has 1 aliphatic rings. The van der Waals surface area contributed by atoms with Crippen LogP contribution in [-0.4, -0.2) is 70.9 Å². The third kappa shape index (κ3) is 9.39. The molecule has 5 rings (SSSR count). The lowest BCUT2D eigenvalue weighted by atomic mass is 9.97. The molecule has 0 radical (unpaired) electrons. The van der Waals surface area contributed by atoms with E-state index < -0.39 is 70.9 Å². The van der Waals surface area contributed by atoms with E-state index in [1.165, 1.54) is 48.5 Å². The Hall–Kier alpha value is -4.94. The Labute approximate surface area is 301 Å². The molecule has 11 nitrogen and oxygen atoms in total. The third-order valence-corrected chi connectivity index (χ3v) is 7.74. The number of benzene rings is 4. The Morgan fingerprint density at radius 1 is 0.540 bits per heavy atom. The molecule has 0 amide bonds. The molecule has 0 spiro atoms. The van der Waals surface area contributed by atoms with Crippen molar-refractivity contribution in [3.63, 3.8) is 0 Å². The lowest BCUT2D eigenvalue weighted by Gasteiger charge is -2.44. The van der Waals surface area contributed by atoms with Gasteiger partial charge in [0.15, 0.2) is 12.2 Å². The molecular weight excluding hydrogens is 713 g/mol. The van der Waals surface area contributed by atoms with Crippen LogP contribution in [-0.2, 0) is 28.4 Å². The number of alkyl halides is 3. The van der Waals surface area contributed by atoms with Gasteiger partial charge < -0.3 is 28.4 Å². The second kappa shape index (κ2) is 16.6. The summed E-state index contributed by atoms with van der Waals surface area (Å²) in [6.45, 7) is -0.597. The summed E-state index contributed by atoms with van der Waals surface area (Å²) < 4.78 is 32.5. The zero-order chi connectivity index (χ0) is 35.7. The number of nitrogens with one attached hydrogen (secondary N) is 1. The zero-order valence-corrected chi connectivity index (χ0v) is 28.1. The van der Waals surface area contributed by atoms with Gasteiger partial charge in [0.25, 0.3) is 3.79 Å². The van der Waals surface area contributed by atoms with E-state index in [0.717, 1.165) is 0 Å². The minimum atomic E-state index is -2.40. The molecule has 0 bridgehead atoms. The van der Waals surface area contributed by atoms with Gasteiger partial charge in [0.05, 0.1) is 22.3 Å². The van der Waals surface area contributed by atoms with Crippen molar-refractivity contribution in [2.75, 3.05) is 6.61 Å². The summed E-state index contributed by atoms with van der Waals surface area (Å²) in [5.41, 5.74) is 0.509. The van der Waals surface area contributed by atoms with Gasteiger partial charge in [-0.2, -0.15) is 0 Å². The molecule has 14 heteroatoms. The maximum Gasteiger partial charge on any atom is 0.338 e. The zero-order valence-electron chi connectivity index (χ0n) is 25.9. The molecule has 0 aliphatic carbocycles. The first-order valence-electron chi connectivity index (χ1n) is 15.0. The minimum Gasteiger partial charge on any atom is -0.459 e. The van der Waals surface area contributed by atoms with E-state index in [1.807, 2.05) is 0 Å². The van der Waals surface area contributed by atoms with Gasteiger partial charge in [-0.3, -0.25) is 5.41 Å². The number of carbonyl (C=O) groups excluding carboxylic acids is 4. The maximum absolute atomic E-state index is 13.6. The Bertz CT molecular complexity index is 1790. The van der Waals surface area contributed by atoms with Gasteiger partial charge in [-0.25, -0.2) is 19.2 Å². The Morgan fingerprint density at radius 3 is 1.30 bits per heavy atom. The lowest BCUT2D eigenvalue weighted by Crippen LogP contribution is -2.63. The first-order valence-corrected chi connectivity index (χ1v) is 16.1. The Kier molecular flexibility index (Phi) is 12.1. The van der Waals surface area contributed by atoms with Crippen molar-refractivity contribution in [3.05, 3.63) is 144 Å².